The second kappa shape index (κ2) is 10.8. The van der Waals surface area contributed by atoms with Crippen LogP contribution in [0.4, 0.5) is 23.5 Å². The second-order valence-corrected chi connectivity index (χ2v) is 10.1. The molecule has 2 aliphatic rings. The summed E-state index contributed by atoms with van der Waals surface area (Å²) in [5.41, 5.74) is 4.69. The van der Waals surface area contributed by atoms with Crippen LogP contribution in [0.1, 0.15) is 36.8 Å². The summed E-state index contributed by atoms with van der Waals surface area (Å²) in [7, 11) is 0. The number of hydrogen-bond acceptors (Lipinski definition) is 11. The molecule has 1 aliphatic heterocycles. The standard InChI is InChI=1S/C25H22N8O2S2/c26-14-16-6-2-1-5-15(16)13-20-21(35)33(25(36)37-20)32-24-30-22(27-17-7-3-4-8-17)29-23(31-24)28-18-9-11-19(34)12-10-18/h1-2,5-6,9-13,17,34H,3-4,7-8H2,(H3,27,28,29,30,31,32)/b20-13-. The van der Waals surface area contributed by atoms with Gasteiger partial charge in [0.15, 0.2) is 4.32 Å². The van der Waals surface area contributed by atoms with Gasteiger partial charge in [-0.2, -0.15) is 25.2 Å². The van der Waals surface area contributed by atoms with E-state index in [1.54, 1.807) is 54.6 Å². The molecule has 2 fully saturated rings. The van der Waals surface area contributed by atoms with Crippen LogP contribution in [0.5, 0.6) is 5.75 Å². The summed E-state index contributed by atoms with van der Waals surface area (Å²) in [6.07, 6.45) is 5.99. The van der Waals surface area contributed by atoms with E-state index in [9.17, 15) is 15.2 Å². The second-order valence-electron chi connectivity index (χ2n) is 8.43. The Bertz CT molecular complexity index is 1410. The average Bonchev–Trinajstić information content (AvgIpc) is 3.49. The molecular formula is C25H22N8O2S2. The Kier molecular flexibility index (Phi) is 7.16. The minimum Gasteiger partial charge on any atom is -0.508 e. The van der Waals surface area contributed by atoms with Crippen molar-refractivity contribution in [3.63, 3.8) is 0 Å². The molecular weight excluding hydrogens is 508 g/mol. The molecule has 0 atom stereocenters. The topological polar surface area (TPSA) is 139 Å². The summed E-state index contributed by atoms with van der Waals surface area (Å²) < 4.78 is 0.282. The largest absolute Gasteiger partial charge is 0.508 e. The van der Waals surface area contributed by atoms with Crippen molar-refractivity contribution in [3.8, 4) is 11.8 Å². The lowest BCUT2D eigenvalue weighted by molar-refractivity contribution is -0.121. The Morgan fingerprint density at radius 2 is 1.76 bits per heavy atom. The quantitative estimate of drug-likeness (QED) is 0.191. The van der Waals surface area contributed by atoms with Crippen LogP contribution in [0.2, 0.25) is 0 Å². The molecule has 4 N–H and O–H groups in total. The summed E-state index contributed by atoms with van der Waals surface area (Å²) in [5, 5.41) is 26.6. The first-order chi connectivity index (χ1) is 18.0. The molecule has 3 aromatic rings. The van der Waals surface area contributed by atoms with Gasteiger partial charge in [0.2, 0.25) is 17.8 Å². The van der Waals surface area contributed by atoms with Gasteiger partial charge in [-0.25, -0.2) is 0 Å². The summed E-state index contributed by atoms with van der Waals surface area (Å²) in [4.78, 5) is 26.9. The fourth-order valence-electron chi connectivity index (χ4n) is 4.00. The van der Waals surface area contributed by atoms with Gasteiger partial charge in [0.05, 0.1) is 16.5 Å². The number of aromatic nitrogens is 3. The van der Waals surface area contributed by atoms with Crippen molar-refractivity contribution in [2.45, 2.75) is 31.7 Å². The third kappa shape index (κ3) is 5.79. The normalized spacial score (nSPS) is 16.7. The molecule has 1 aliphatic carbocycles. The number of carbonyl (C=O) groups excluding carboxylic acids is 1. The smallest absolute Gasteiger partial charge is 0.285 e. The monoisotopic (exact) mass is 530 g/mol. The SMILES string of the molecule is N#Cc1ccccc1/C=C1\SC(=S)N(Nc2nc(Nc3ccc(O)cc3)nc(NC3CCCC3)n2)C1=O. The number of nitrogens with one attached hydrogen (secondary N) is 3. The summed E-state index contributed by atoms with van der Waals surface area (Å²) in [5.74, 6) is 0.530. The van der Waals surface area contributed by atoms with Crippen molar-refractivity contribution in [2.24, 2.45) is 0 Å². The molecule has 12 heteroatoms. The summed E-state index contributed by atoms with van der Waals surface area (Å²) in [6.45, 7) is 0. The maximum absolute atomic E-state index is 13.2. The van der Waals surface area contributed by atoms with Crippen LogP contribution in [-0.2, 0) is 4.79 Å². The number of nitrogens with zero attached hydrogens (tertiary/aromatic N) is 5. The maximum Gasteiger partial charge on any atom is 0.285 e. The lowest BCUT2D eigenvalue weighted by atomic mass is 10.1. The highest BCUT2D eigenvalue weighted by atomic mass is 32.2. The number of thioether (sulfide) groups is 1. The van der Waals surface area contributed by atoms with E-state index >= 15 is 0 Å². The molecule has 1 aromatic heterocycles. The molecule has 0 spiro atoms. The van der Waals surface area contributed by atoms with Crippen molar-refractivity contribution >= 4 is 63.8 Å². The zero-order valence-corrected chi connectivity index (χ0v) is 21.1. The Morgan fingerprint density at radius 1 is 1.05 bits per heavy atom. The number of amides is 1. The molecule has 2 aromatic carbocycles. The van der Waals surface area contributed by atoms with Crippen molar-refractivity contribution in [1.29, 1.82) is 5.26 Å². The molecule has 37 heavy (non-hydrogen) atoms. The van der Waals surface area contributed by atoms with E-state index in [-0.39, 0.29) is 33.9 Å². The number of carbonyl (C=O) groups is 1. The minimum absolute atomic E-state index is 0.131. The number of hydrogen-bond donors (Lipinski definition) is 4. The highest BCUT2D eigenvalue weighted by Crippen LogP contribution is 2.33. The van der Waals surface area contributed by atoms with Crippen LogP contribution in [-0.4, -0.2) is 41.3 Å². The van der Waals surface area contributed by atoms with E-state index in [1.165, 1.54) is 5.01 Å². The lowest BCUT2D eigenvalue weighted by Gasteiger charge is -2.18. The molecule has 1 saturated heterocycles. The number of thiocarbonyl (C=S) groups is 1. The summed E-state index contributed by atoms with van der Waals surface area (Å²) >= 11 is 6.57. The fourth-order valence-corrected chi connectivity index (χ4v) is 5.17. The van der Waals surface area contributed by atoms with Gasteiger partial charge >= 0.3 is 0 Å². The third-order valence-corrected chi connectivity index (χ3v) is 7.12. The predicted octanol–water partition coefficient (Wildman–Crippen LogP) is 4.78. The number of nitriles is 1. The summed E-state index contributed by atoms with van der Waals surface area (Å²) in [6, 6.07) is 15.9. The Hall–Kier alpha value is -4.21. The number of anilines is 4. The number of aromatic hydroxyl groups is 1. The van der Waals surface area contributed by atoms with Gasteiger partial charge in [-0.15, -0.1) is 0 Å². The molecule has 0 radical (unpaired) electrons. The predicted molar refractivity (Wildman–Crippen MR) is 147 cm³/mol. The lowest BCUT2D eigenvalue weighted by Crippen LogP contribution is -2.35. The van der Waals surface area contributed by atoms with Crippen LogP contribution < -0.4 is 16.1 Å². The Balaban J connectivity index is 1.40. The number of rotatable bonds is 7. The Labute approximate surface area is 222 Å². The Morgan fingerprint density at radius 3 is 2.51 bits per heavy atom. The highest BCUT2D eigenvalue weighted by Gasteiger charge is 2.33. The molecule has 1 amide bonds. The van der Waals surface area contributed by atoms with Crippen LogP contribution >= 0.6 is 24.0 Å². The number of phenolic OH excluding ortho intramolecular Hbond substituents is 1. The van der Waals surface area contributed by atoms with E-state index in [1.807, 2.05) is 0 Å². The first-order valence-electron chi connectivity index (χ1n) is 11.6. The third-order valence-electron chi connectivity index (χ3n) is 5.82. The van der Waals surface area contributed by atoms with E-state index in [4.69, 9.17) is 12.2 Å². The van der Waals surface area contributed by atoms with E-state index in [2.05, 4.69) is 37.1 Å². The highest BCUT2D eigenvalue weighted by molar-refractivity contribution is 8.26. The van der Waals surface area contributed by atoms with Gasteiger partial charge in [-0.3, -0.25) is 10.2 Å². The first-order valence-corrected chi connectivity index (χ1v) is 12.8. The van der Waals surface area contributed by atoms with E-state index in [0.717, 1.165) is 37.4 Å². The van der Waals surface area contributed by atoms with Crippen molar-refractivity contribution < 1.29 is 9.90 Å². The van der Waals surface area contributed by atoms with Crippen LogP contribution in [0.25, 0.3) is 6.08 Å². The zero-order chi connectivity index (χ0) is 25.8. The molecule has 10 nitrogen and oxygen atoms in total. The molecule has 186 valence electrons. The van der Waals surface area contributed by atoms with Crippen molar-refractivity contribution in [2.75, 3.05) is 16.1 Å². The minimum atomic E-state index is -0.374. The van der Waals surface area contributed by atoms with Crippen molar-refractivity contribution in [1.82, 2.24) is 20.0 Å². The molecule has 0 unspecified atom stereocenters. The van der Waals surface area contributed by atoms with Gasteiger partial charge in [-0.1, -0.05) is 42.8 Å². The fraction of sp³-hybridized carbons (Fsp3) is 0.200. The molecule has 1 saturated carbocycles. The zero-order valence-electron chi connectivity index (χ0n) is 19.5. The number of benzene rings is 2. The molecule has 0 bridgehead atoms. The van der Waals surface area contributed by atoms with Gasteiger partial charge in [0.1, 0.15) is 5.75 Å². The van der Waals surface area contributed by atoms with E-state index < -0.39 is 0 Å². The molecule has 5 rings (SSSR count). The first kappa shape index (κ1) is 24.5. The van der Waals surface area contributed by atoms with Crippen LogP contribution in [0.3, 0.4) is 0 Å². The van der Waals surface area contributed by atoms with Gasteiger partial charge in [-0.05, 0) is 67.0 Å². The van der Waals surface area contributed by atoms with Crippen LogP contribution in [0, 0.1) is 11.3 Å². The van der Waals surface area contributed by atoms with Crippen LogP contribution in [0.15, 0.2) is 53.4 Å². The van der Waals surface area contributed by atoms with Crippen molar-refractivity contribution in [3.05, 3.63) is 64.6 Å². The average molecular weight is 531 g/mol. The van der Waals surface area contributed by atoms with E-state index in [0.29, 0.717) is 27.7 Å². The number of hydrazine groups is 1. The molecule has 2 heterocycles. The maximum atomic E-state index is 13.2. The van der Waals surface area contributed by atoms with Gasteiger partial charge < -0.3 is 15.7 Å². The van der Waals surface area contributed by atoms with Gasteiger partial charge in [0, 0.05) is 11.7 Å². The van der Waals surface area contributed by atoms with Gasteiger partial charge in [0.25, 0.3) is 5.91 Å². The number of phenols is 1.